The van der Waals surface area contributed by atoms with Gasteiger partial charge in [0, 0.05) is 28.8 Å². The number of anilines is 1. The molecule has 1 heterocycles. The quantitative estimate of drug-likeness (QED) is 0.113. The first-order valence-electron chi connectivity index (χ1n) is 18.2. The molecule has 0 atom stereocenters. The van der Waals surface area contributed by atoms with E-state index in [1.807, 2.05) is 52.8 Å². The summed E-state index contributed by atoms with van der Waals surface area (Å²) in [6.45, 7) is 17.0. The fraction of sp³-hybridized carbons (Fsp3) is 0.326. The molecule has 292 valence electrons. The normalized spacial score (nSPS) is 17.6. The van der Waals surface area contributed by atoms with Gasteiger partial charge in [-0.3, -0.25) is 9.11 Å². The predicted octanol–water partition coefficient (Wildman–Crippen LogP) is 9.50. The van der Waals surface area contributed by atoms with Gasteiger partial charge in [-0.25, -0.2) is 4.79 Å². The zero-order valence-corrected chi connectivity index (χ0v) is 33.7. The molecule has 0 aromatic heterocycles. The number of unbranched alkanes of at least 4 members (excludes halogenated alkanes) is 1. The summed E-state index contributed by atoms with van der Waals surface area (Å²) in [5.41, 5.74) is 5.47. The maximum atomic E-state index is 12.1. The van der Waals surface area contributed by atoms with Crippen LogP contribution in [-0.4, -0.2) is 43.6 Å². The maximum Gasteiger partial charge on any atom is 0.335 e. The van der Waals surface area contributed by atoms with Gasteiger partial charge in [-0.15, -0.1) is 0 Å². The number of rotatable bonds is 13. The smallest absolute Gasteiger partial charge is 0.335 e. The molecule has 0 saturated heterocycles. The summed E-state index contributed by atoms with van der Waals surface area (Å²) in [6, 6.07) is 15.4. The summed E-state index contributed by atoms with van der Waals surface area (Å²) in [4.78, 5) is 13.4. The fourth-order valence-electron chi connectivity index (χ4n) is 7.20. The van der Waals surface area contributed by atoms with Gasteiger partial charge in [0.25, 0.3) is 20.2 Å². The maximum absolute atomic E-state index is 12.1. The molecule has 2 aliphatic rings. The van der Waals surface area contributed by atoms with Gasteiger partial charge in [-0.2, -0.15) is 16.8 Å². The first kappa shape index (κ1) is 41.4. The molecule has 12 heteroatoms. The number of benzene rings is 3. The molecule has 0 fully saturated rings. The fourth-order valence-corrected chi connectivity index (χ4v) is 8.22. The topological polar surface area (TPSA) is 159 Å². The summed E-state index contributed by atoms with van der Waals surface area (Å²) in [6.07, 6.45) is 12.0. The number of allylic oxidation sites excluding steroid dienone is 8. The summed E-state index contributed by atoms with van der Waals surface area (Å²) in [5, 5.41) is 9.46. The SMILES string of the molecule is C=C(/C=C/C1=C(Oc2ccc(C(=O)O)cc2)C(=C/C=C2/N(CCCC)c3ccc(S(=O)(=O)O)cc3C2(C)C)/CCC1)C(C)(C)c1cc(S(=O)(=O)O)ccc1C. The zero-order valence-electron chi connectivity index (χ0n) is 32.1. The van der Waals surface area contributed by atoms with Crippen molar-refractivity contribution in [3.05, 3.63) is 142 Å². The highest BCUT2D eigenvalue weighted by atomic mass is 32.2. The highest BCUT2D eigenvalue weighted by molar-refractivity contribution is 7.86. The van der Waals surface area contributed by atoms with E-state index >= 15 is 0 Å². The van der Waals surface area contributed by atoms with Crippen molar-refractivity contribution in [3.63, 3.8) is 0 Å². The first-order valence-corrected chi connectivity index (χ1v) is 21.1. The average molecular weight is 788 g/mol. The van der Waals surface area contributed by atoms with Crippen molar-refractivity contribution in [1.29, 1.82) is 0 Å². The third-order valence-corrected chi connectivity index (χ3v) is 12.3. The van der Waals surface area contributed by atoms with E-state index in [4.69, 9.17) is 4.74 Å². The molecule has 1 aliphatic carbocycles. The molecular weight excluding hydrogens is 739 g/mol. The minimum absolute atomic E-state index is 0.129. The van der Waals surface area contributed by atoms with Crippen LogP contribution >= 0.6 is 0 Å². The Morgan fingerprint density at radius 1 is 0.945 bits per heavy atom. The van der Waals surface area contributed by atoms with E-state index in [0.29, 0.717) is 42.0 Å². The number of fused-ring (bicyclic) bond motifs is 1. The van der Waals surface area contributed by atoms with Crippen LogP contribution in [-0.2, 0) is 31.1 Å². The van der Waals surface area contributed by atoms with Gasteiger partial charge < -0.3 is 14.7 Å². The predicted molar refractivity (Wildman–Crippen MR) is 215 cm³/mol. The Bertz CT molecular complexity index is 2360. The van der Waals surface area contributed by atoms with Crippen LogP contribution in [0.25, 0.3) is 0 Å². The van der Waals surface area contributed by atoms with Gasteiger partial charge in [0.15, 0.2) is 0 Å². The molecule has 0 amide bonds. The van der Waals surface area contributed by atoms with E-state index in [-0.39, 0.29) is 15.4 Å². The van der Waals surface area contributed by atoms with Crippen molar-refractivity contribution in [3.8, 4) is 5.75 Å². The molecule has 5 rings (SSSR count). The van der Waals surface area contributed by atoms with Crippen LogP contribution < -0.4 is 9.64 Å². The lowest BCUT2D eigenvalue weighted by molar-refractivity contribution is 0.0696. The number of carbonyl (C=O) groups is 1. The van der Waals surface area contributed by atoms with Crippen LogP contribution in [0.15, 0.2) is 130 Å². The lowest BCUT2D eigenvalue weighted by Crippen LogP contribution is -2.27. The Labute approximate surface area is 324 Å². The summed E-state index contributed by atoms with van der Waals surface area (Å²) in [7, 11) is -8.82. The van der Waals surface area contributed by atoms with E-state index in [0.717, 1.165) is 52.9 Å². The second-order valence-corrected chi connectivity index (χ2v) is 17.9. The van der Waals surface area contributed by atoms with E-state index in [2.05, 4.69) is 24.5 Å². The van der Waals surface area contributed by atoms with Crippen LogP contribution in [0, 0.1) is 6.92 Å². The van der Waals surface area contributed by atoms with Gasteiger partial charge in [0.05, 0.1) is 15.4 Å². The minimum atomic E-state index is -4.41. The average Bonchev–Trinajstić information content (AvgIpc) is 3.33. The lowest BCUT2D eigenvalue weighted by Gasteiger charge is -2.29. The second kappa shape index (κ2) is 15.8. The van der Waals surface area contributed by atoms with Crippen LogP contribution in [0.2, 0.25) is 0 Å². The summed E-state index contributed by atoms with van der Waals surface area (Å²) in [5.74, 6) is 0.0213. The highest BCUT2D eigenvalue weighted by Gasteiger charge is 2.40. The van der Waals surface area contributed by atoms with Gasteiger partial charge >= 0.3 is 5.97 Å². The number of hydrogen-bond acceptors (Lipinski definition) is 7. The van der Waals surface area contributed by atoms with Crippen molar-refractivity contribution in [2.45, 2.75) is 94.3 Å². The molecule has 0 spiro atoms. The highest BCUT2D eigenvalue weighted by Crippen LogP contribution is 2.49. The molecular formula is C43H49NO9S2. The Hall–Kier alpha value is -4.75. The molecule has 0 radical (unpaired) electrons. The monoisotopic (exact) mass is 787 g/mol. The third kappa shape index (κ3) is 8.88. The van der Waals surface area contributed by atoms with Crippen molar-refractivity contribution >= 4 is 31.9 Å². The molecule has 0 saturated carbocycles. The molecule has 10 nitrogen and oxygen atoms in total. The number of hydrogen-bond donors (Lipinski definition) is 3. The summed E-state index contributed by atoms with van der Waals surface area (Å²) >= 11 is 0. The van der Waals surface area contributed by atoms with Crippen LogP contribution in [0.3, 0.4) is 0 Å². The zero-order chi connectivity index (χ0) is 40.5. The molecule has 0 bridgehead atoms. The molecule has 0 unspecified atom stereocenters. The standard InChI is InChI=1S/C43H49NO9S2/c1-8-9-25-44-38-23-22-35(55(50,51)52)27-37(38)43(6,7)39(44)24-18-31-12-10-11-30(40(31)53-33-19-16-32(17-20-33)41(45)46)15-14-29(3)42(4,5)36-26-34(54(47,48)49)21-13-28(36)2/h13-24,26-27H,3,8-12,25H2,1-2,4-7H3,(H,45,46)(H,47,48,49)(H,50,51,52)/b15-14+,31-18+,39-24+. The van der Waals surface area contributed by atoms with Crippen molar-refractivity contribution < 1.29 is 40.6 Å². The Balaban J connectivity index is 1.60. The van der Waals surface area contributed by atoms with Gasteiger partial charge in [0.2, 0.25) is 0 Å². The number of aryl methyl sites for hydroxylation is 1. The van der Waals surface area contributed by atoms with E-state index in [9.17, 15) is 35.8 Å². The Morgan fingerprint density at radius 3 is 2.20 bits per heavy atom. The Kier molecular flexibility index (Phi) is 11.9. The van der Waals surface area contributed by atoms with Gasteiger partial charge in [0.1, 0.15) is 11.5 Å². The van der Waals surface area contributed by atoms with Crippen molar-refractivity contribution in [2.24, 2.45) is 0 Å². The second-order valence-electron chi connectivity index (χ2n) is 15.1. The van der Waals surface area contributed by atoms with Gasteiger partial charge in [-0.05, 0) is 127 Å². The van der Waals surface area contributed by atoms with Crippen LogP contribution in [0.4, 0.5) is 5.69 Å². The minimum Gasteiger partial charge on any atom is -0.478 e. The number of nitrogens with zero attached hydrogens (tertiary/aromatic N) is 1. The number of ether oxygens (including phenoxy) is 1. The van der Waals surface area contributed by atoms with E-state index < -0.39 is 37.0 Å². The molecule has 3 aromatic rings. The molecule has 3 aromatic carbocycles. The van der Waals surface area contributed by atoms with Gasteiger partial charge in [-0.1, -0.05) is 71.9 Å². The number of carboxylic acid groups (broad SMARTS) is 1. The Morgan fingerprint density at radius 2 is 1.58 bits per heavy atom. The van der Waals surface area contributed by atoms with E-state index in [1.54, 1.807) is 30.3 Å². The van der Waals surface area contributed by atoms with Crippen LogP contribution in [0.1, 0.15) is 93.8 Å². The number of carboxylic acids is 1. The largest absolute Gasteiger partial charge is 0.478 e. The molecule has 55 heavy (non-hydrogen) atoms. The van der Waals surface area contributed by atoms with Crippen LogP contribution in [0.5, 0.6) is 5.75 Å². The van der Waals surface area contributed by atoms with E-state index in [1.165, 1.54) is 30.3 Å². The summed E-state index contributed by atoms with van der Waals surface area (Å²) < 4.78 is 74.2. The third-order valence-electron chi connectivity index (χ3n) is 10.6. The first-order chi connectivity index (χ1) is 25.7. The lowest BCUT2D eigenvalue weighted by atomic mass is 9.76. The van der Waals surface area contributed by atoms with Crippen molar-refractivity contribution in [1.82, 2.24) is 0 Å². The number of aromatic carboxylic acids is 1. The molecule has 1 aliphatic heterocycles. The molecule has 3 N–H and O–H groups in total. The van der Waals surface area contributed by atoms with Crippen molar-refractivity contribution in [2.75, 3.05) is 11.4 Å².